The van der Waals surface area contributed by atoms with E-state index in [2.05, 4.69) is 5.32 Å². The minimum Gasteiger partial charge on any atom is -0.481 e. The van der Waals surface area contributed by atoms with Gasteiger partial charge in [-0.1, -0.05) is 66.2 Å². The predicted octanol–water partition coefficient (Wildman–Crippen LogP) is 8.30. The monoisotopic (exact) mass is 535 g/mol. The molecule has 0 radical (unpaired) electrons. The minimum absolute atomic E-state index is 0.370. The Hall–Kier alpha value is -3.68. The third kappa shape index (κ3) is 5.10. The maximum atomic E-state index is 13.2. The molecular weight excluding hydrogens is 513 g/mol. The van der Waals surface area contributed by atoms with E-state index in [9.17, 15) is 19.1 Å². The number of ether oxygens (including phenoxy) is 1. The van der Waals surface area contributed by atoms with Crippen LogP contribution in [0.3, 0.4) is 0 Å². The molecule has 1 saturated carbocycles. The fourth-order valence-corrected chi connectivity index (χ4v) is 5.62. The van der Waals surface area contributed by atoms with E-state index in [1.807, 2.05) is 48.5 Å². The van der Waals surface area contributed by atoms with Crippen LogP contribution in [0.15, 0.2) is 78.9 Å². The van der Waals surface area contributed by atoms with Gasteiger partial charge in [0.1, 0.15) is 11.9 Å². The average Bonchev–Trinajstić information content (AvgIpc) is 3.63. The zero-order valence-corrected chi connectivity index (χ0v) is 21.4. The molecule has 0 bridgehead atoms. The van der Waals surface area contributed by atoms with Gasteiger partial charge in [-0.15, -0.1) is 11.3 Å². The van der Waals surface area contributed by atoms with Crippen LogP contribution in [0, 0.1) is 5.82 Å². The SMILES string of the molecule is CC(OC(=O)Nc1cc(Cl)sc1-c1cc(C2(C(=O)O)CC2)ccc1-c1ccccc1)c1ccc(F)cc1. The summed E-state index contributed by atoms with van der Waals surface area (Å²) in [6.45, 7) is 1.70. The Kier molecular flexibility index (Phi) is 6.75. The lowest BCUT2D eigenvalue weighted by Crippen LogP contribution is -2.19. The van der Waals surface area contributed by atoms with Crippen molar-refractivity contribution < 1.29 is 23.8 Å². The second-order valence-electron chi connectivity index (χ2n) is 9.03. The van der Waals surface area contributed by atoms with Crippen LogP contribution in [0.25, 0.3) is 21.6 Å². The number of amides is 1. The lowest BCUT2D eigenvalue weighted by molar-refractivity contribution is -0.140. The fourth-order valence-electron chi connectivity index (χ4n) is 4.41. The predicted molar refractivity (Wildman–Crippen MR) is 144 cm³/mol. The molecule has 1 aliphatic rings. The van der Waals surface area contributed by atoms with Gasteiger partial charge in [0, 0.05) is 5.56 Å². The first-order chi connectivity index (χ1) is 17.8. The summed E-state index contributed by atoms with van der Waals surface area (Å²) < 4.78 is 19.2. The highest BCUT2D eigenvalue weighted by molar-refractivity contribution is 7.20. The first-order valence-electron chi connectivity index (χ1n) is 11.7. The van der Waals surface area contributed by atoms with E-state index in [0.717, 1.165) is 22.3 Å². The highest BCUT2D eigenvalue weighted by Crippen LogP contribution is 2.51. The number of carbonyl (C=O) groups excluding carboxylic acids is 1. The Bertz CT molecular complexity index is 1470. The lowest BCUT2D eigenvalue weighted by atomic mass is 9.89. The number of carboxylic acids is 1. The van der Waals surface area contributed by atoms with Crippen molar-refractivity contribution in [2.45, 2.75) is 31.3 Å². The molecule has 1 amide bonds. The summed E-state index contributed by atoms with van der Waals surface area (Å²) in [6.07, 6.45) is -0.131. The van der Waals surface area contributed by atoms with Crippen molar-refractivity contribution in [2.75, 3.05) is 5.32 Å². The Morgan fingerprint density at radius 3 is 2.38 bits per heavy atom. The average molecular weight is 536 g/mol. The number of nitrogens with one attached hydrogen (secondary N) is 1. The standard InChI is InChI=1S/C29H23ClFNO4S/c1-17(18-7-10-21(31)11-8-18)36-28(35)32-24-16-25(30)37-26(24)23-15-20(29(13-14-29)27(33)34)9-12-22(23)19-5-3-2-4-6-19/h2-12,15-17H,13-14H2,1H3,(H,32,35)(H,33,34). The zero-order chi connectivity index (χ0) is 26.2. The molecule has 188 valence electrons. The summed E-state index contributed by atoms with van der Waals surface area (Å²) in [6, 6.07) is 22.8. The van der Waals surface area contributed by atoms with Crippen LogP contribution in [-0.2, 0) is 14.9 Å². The van der Waals surface area contributed by atoms with Crippen LogP contribution in [0.5, 0.6) is 0 Å². The molecule has 37 heavy (non-hydrogen) atoms. The van der Waals surface area contributed by atoms with Gasteiger partial charge < -0.3 is 9.84 Å². The number of carboxylic acid groups (broad SMARTS) is 1. The van der Waals surface area contributed by atoms with E-state index in [1.54, 1.807) is 25.1 Å². The van der Waals surface area contributed by atoms with Crippen LogP contribution in [0.1, 0.15) is 37.0 Å². The highest BCUT2D eigenvalue weighted by Gasteiger charge is 2.51. The Morgan fingerprint density at radius 1 is 1.03 bits per heavy atom. The maximum Gasteiger partial charge on any atom is 0.412 e. The van der Waals surface area contributed by atoms with Crippen molar-refractivity contribution in [3.8, 4) is 21.6 Å². The number of benzene rings is 3. The van der Waals surface area contributed by atoms with Crippen LogP contribution in [0.2, 0.25) is 4.34 Å². The summed E-state index contributed by atoms with van der Waals surface area (Å²) in [4.78, 5) is 25.5. The highest BCUT2D eigenvalue weighted by atomic mass is 35.5. The van der Waals surface area contributed by atoms with Crippen molar-refractivity contribution >= 4 is 40.7 Å². The second kappa shape index (κ2) is 10.00. The first kappa shape index (κ1) is 25.0. The number of thiophene rings is 1. The molecule has 1 unspecified atom stereocenters. The van der Waals surface area contributed by atoms with E-state index in [1.165, 1.54) is 23.5 Å². The molecule has 5 rings (SSSR count). The minimum atomic E-state index is -0.887. The van der Waals surface area contributed by atoms with Gasteiger partial charge in [-0.2, -0.15) is 0 Å². The smallest absolute Gasteiger partial charge is 0.412 e. The van der Waals surface area contributed by atoms with Gasteiger partial charge >= 0.3 is 12.1 Å². The molecule has 8 heteroatoms. The molecule has 3 aromatic carbocycles. The van der Waals surface area contributed by atoms with E-state index in [0.29, 0.717) is 33.3 Å². The molecule has 0 spiro atoms. The van der Waals surface area contributed by atoms with Crippen LogP contribution < -0.4 is 5.32 Å². The number of anilines is 1. The topological polar surface area (TPSA) is 75.6 Å². The summed E-state index contributed by atoms with van der Waals surface area (Å²) in [5, 5.41) is 12.7. The molecule has 1 atom stereocenters. The zero-order valence-electron chi connectivity index (χ0n) is 19.8. The Labute approximate surface area is 222 Å². The largest absolute Gasteiger partial charge is 0.481 e. The van der Waals surface area contributed by atoms with Crippen molar-refractivity contribution in [2.24, 2.45) is 0 Å². The molecule has 4 aromatic rings. The van der Waals surface area contributed by atoms with Crippen LogP contribution in [-0.4, -0.2) is 17.2 Å². The summed E-state index contributed by atoms with van der Waals surface area (Å²) in [5.41, 5.74) is 3.56. The second-order valence-corrected chi connectivity index (χ2v) is 10.7. The molecule has 1 aromatic heterocycles. The summed E-state index contributed by atoms with van der Waals surface area (Å²) in [7, 11) is 0. The molecule has 5 nitrogen and oxygen atoms in total. The van der Waals surface area contributed by atoms with Crippen molar-refractivity contribution in [1.82, 2.24) is 0 Å². The lowest BCUT2D eigenvalue weighted by Gasteiger charge is -2.17. The molecule has 2 N–H and O–H groups in total. The quantitative estimate of drug-likeness (QED) is 0.249. The summed E-state index contributed by atoms with van der Waals surface area (Å²) >= 11 is 7.69. The normalized spacial score (nSPS) is 14.6. The number of halogens is 2. The molecule has 1 aliphatic carbocycles. The molecule has 1 fully saturated rings. The van der Waals surface area contributed by atoms with Crippen molar-refractivity contribution in [3.63, 3.8) is 0 Å². The van der Waals surface area contributed by atoms with E-state index < -0.39 is 23.6 Å². The number of rotatable bonds is 7. The third-order valence-electron chi connectivity index (χ3n) is 6.62. The Morgan fingerprint density at radius 2 is 1.73 bits per heavy atom. The number of hydrogen-bond donors (Lipinski definition) is 2. The fraction of sp³-hybridized carbons (Fsp3) is 0.172. The van der Waals surface area contributed by atoms with E-state index in [-0.39, 0.29) is 5.82 Å². The van der Waals surface area contributed by atoms with Gasteiger partial charge in [-0.3, -0.25) is 10.1 Å². The van der Waals surface area contributed by atoms with E-state index in [4.69, 9.17) is 16.3 Å². The molecular formula is C29H23ClFNO4S. The number of aliphatic carboxylic acids is 1. The Balaban J connectivity index is 1.50. The van der Waals surface area contributed by atoms with Gasteiger partial charge in [0.2, 0.25) is 0 Å². The van der Waals surface area contributed by atoms with E-state index >= 15 is 0 Å². The number of carbonyl (C=O) groups is 2. The van der Waals surface area contributed by atoms with Gasteiger partial charge in [-0.25, -0.2) is 9.18 Å². The third-order valence-corrected chi connectivity index (χ3v) is 7.92. The van der Waals surface area contributed by atoms with Gasteiger partial charge in [0.05, 0.1) is 20.3 Å². The van der Waals surface area contributed by atoms with Crippen LogP contribution in [0.4, 0.5) is 14.9 Å². The number of hydrogen-bond acceptors (Lipinski definition) is 4. The molecule has 1 heterocycles. The molecule has 0 saturated heterocycles. The summed E-state index contributed by atoms with van der Waals surface area (Å²) in [5.74, 6) is -1.21. The first-order valence-corrected chi connectivity index (χ1v) is 12.9. The van der Waals surface area contributed by atoms with Gasteiger partial charge in [0.15, 0.2) is 0 Å². The molecule has 0 aliphatic heterocycles. The van der Waals surface area contributed by atoms with Crippen LogP contribution >= 0.6 is 22.9 Å². The van der Waals surface area contributed by atoms with Crippen molar-refractivity contribution in [3.05, 3.63) is 100 Å². The van der Waals surface area contributed by atoms with Gasteiger partial charge in [-0.05, 0) is 66.3 Å². The van der Waals surface area contributed by atoms with Gasteiger partial charge in [0.25, 0.3) is 0 Å². The maximum absolute atomic E-state index is 13.2. The van der Waals surface area contributed by atoms with Crippen molar-refractivity contribution in [1.29, 1.82) is 0 Å².